The average Bonchev–Trinajstić information content (AvgIpc) is 3.03. The van der Waals surface area contributed by atoms with E-state index in [2.05, 4.69) is 22.2 Å². The molecule has 1 unspecified atom stereocenters. The number of anilines is 1. The maximum absolute atomic E-state index is 5.91. The van der Waals surface area contributed by atoms with E-state index >= 15 is 0 Å². The van der Waals surface area contributed by atoms with E-state index in [1.54, 1.807) is 0 Å². The highest BCUT2D eigenvalue weighted by molar-refractivity contribution is 6.30. The van der Waals surface area contributed by atoms with E-state index in [0.29, 0.717) is 5.15 Å². The fourth-order valence-corrected chi connectivity index (χ4v) is 1.83. The number of rotatable bonds is 4. The fourth-order valence-electron chi connectivity index (χ4n) is 1.70. The van der Waals surface area contributed by atoms with Gasteiger partial charge in [-0.1, -0.05) is 18.5 Å². The van der Waals surface area contributed by atoms with E-state index < -0.39 is 0 Å². The SMILES string of the molecule is Cc1c(Cl)ncnc1NCC(C)C1CC1. The Morgan fingerprint density at radius 3 is 2.93 bits per heavy atom. The summed E-state index contributed by atoms with van der Waals surface area (Å²) in [4.78, 5) is 8.11. The third kappa shape index (κ3) is 2.59. The van der Waals surface area contributed by atoms with Crippen molar-refractivity contribution in [1.29, 1.82) is 0 Å². The van der Waals surface area contributed by atoms with Crippen LogP contribution in [0.2, 0.25) is 5.15 Å². The highest BCUT2D eigenvalue weighted by Gasteiger charge is 2.27. The maximum Gasteiger partial charge on any atom is 0.137 e. The molecule has 0 aliphatic heterocycles. The molecule has 82 valence electrons. The van der Waals surface area contributed by atoms with Crippen LogP contribution in [0.3, 0.4) is 0 Å². The Kier molecular flexibility index (Phi) is 3.10. The summed E-state index contributed by atoms with van der Waals surface area (Å²) in [5, 5.41) is 3.87. The number of hydrogen-bond acceptors (Lipinski definition) is 3. The van der Waals surface area contributed by atoms with E-state index in [9.17, 15) is 0 Å². The Balaban J connectivity index is 1.95. The van der Waals surface area contributed by atoms with Crippen molar-refractivity contribution in [3.63, 3.8) is 0 Å². The van der Waals surface area contributed by atoms with Crippen LogP contribution in [0.4, 0.5) is 5.82 Å². The van der Waals surface area contributed by atoms with E-state index in [1.807, 2.05) is 6.92 Å². The van der Waals surface area contributed by atoms with Crippen LogP contribution in [0, 0.1) is 18.8 Å². The van der Waals surface area contributed by atoms with Crippen molar-refractivity contribution in [2.24, 2.45) is 11.8 Å². The van der Waals surface area contributed by atoms with Crippen LogP contribution in [-0.4, -0.2) is 16.5 Å². The summed E-state index contributed by atoms with van der Waals surface area (Å²) in [6, 6.07) is 0. The smallest absolute Gasteiger partial charge is 0.137 e. The molecule has 1 saturated carbocycles. The van der Waals surface area contributed by atoms with Crippen LogP contribution in [0.1, 0.15) is 25.3 Å². The molecule has 1 aromatic rings. The zero-order valence-electron chi connectivity index (χ0n) is 9.13. The molecule has 0 radical (unpaired) electrons. The lowest BCUT2D eigenvalue weighted by Gasteiger charge is -2.13. The van der Waals surface area contributed by atoms with Gasteiger partial charge in [0.25, 0.3) is 0 Å². The van der Waals surface area contributed by atoms with Gasteiger partial charge < -0.3 is 5.32 Å². The number of hydrogen-bond donors (Lipinski definition) is 1. The Morgan fingerprint density at radius 1 is 1.53 bits per heavy atom. The van der Waals surface area contributed by atoms with Crippen LogP contribution >= 0.6 is 11.6 Å². The zero-order chi connectivity index (χ0) is 10.8. The molecule has 0 aromatic carbocycles. The predicted molar refractivity (Wildman–Crippen MR) is 62.2 cm³/mol. The second-order valence-electron chi connectivity index (χ2n) is 4.33. The first-order valence-corrected chi connectivity index (χ1v) is 5.77. The van der Waals surface area contributed by atoms with Gasteiger partial charge in [-0.15, -0.1) is 0 Å². The Morgan fingerprint density at radius 2 is 2.27 bits per heavy atom. The van der Waals surface area contributed by atoms with Crippen molar-refractivity contribution in [2.75, 3.05) is 11.9 Å². The predicted octanol–water partition coefficient (Wildman–Crippen LogP) is 2.90. The summed E-state index contributed by atoms with van der Waals surface area (Å²) < 4.78 is 0. The second kappa shape index (κ2) is 4.35. The number of nitrogens with one attached hydrogen (secondary N) is 1. The van der Waals surface area contributed by atoms with Gasteiger partial charge >= 0.3 is 0 Å². The second-order valence-corrected chi connectivity index (χ2v) is 4.69. The summed E-state index contributed by atoms with van der Waals surface area (Å²) >= 11 is 5.91. The summed E-state index contributed by atoms with van der Waals surface area (Å²) in [5.74, 6) is 2.50. The van der Waals surface area contributed by atoms with Crippen LogP contribution in [-0.2, 0) is 0 Å². The molecule has 1 fully saturated rings. The molecule has 1 heterocycles. The average molecular weight is 226 g/mol. The summed E-state index contributed by atoms with van der Waals surface area (Å²) in [5.41, 5.74) is 0.933. The third-order valence-electron chi connectivity index (χ3n) is 3.04. The van der Waals surface area contributed by atoms with Crippen molar-refractivity contribution in [2.45, 2.75) is 26.7 Å². The lowest BCUT2D eigenvalue weighted by atomic mass is 10.1. The molecule has 0 spiro atoms. The molecule has 4 heteroatoms. The standard InChI is InChI=1S/C11H16ClN3/c1-7(9-3-4-9)5-13-11-8(2)10(12)14-6-15-11/h6-7,9H,3-5H2,1-2H3,(H,13,14,15). The first kappa shape index (κ1) is 10.7. The van der Waals surface area contributed by atoms with Crippen molar-refractivity contribution in [3.05, 3.63) is 17.0 Å². The van der Waals surface area contributed by atoms with Gasteiger partial charge in [-0.25, -0.2) is 9.97 Å². The van der Waals surface area contributed by atoms with E-state index in [-0.39, 0.29) is 0 Å². The van der Waals surface area contributed by atoms with Gasteiger partial charge in [0.1, 0.15) is 17.3 Å². The normalized spacial score (nSPS) is 17.5. The molecule has 1 aliphatic carbocycles. The first-order chi connectivity index (χ1) is 7.18. The van der Waals surface area contributed by atoms with Crippen molar-refractivity contribution in [1.82, 2.24) is 9.97 Å². The maximum atomic E-state index is 5.91. The molecular weight excluding hydrogens is 210 g/mol. The summed E-state index contributed by atoms with van der Waals surface area (Å²) in [6.07, 6.45) is 4.26. The van der Waals surface area contributed by atoms with E-state index in [0.717, 1.165) is 29.8 Å². The molecule has 0 saturated heterocycles. The number of nitrogens with zero attached hydrogens (tertiary/aromatic N) is 2. The van der Waals surface area contributed by atoms with Crippen LogP contribution in [0.15, 0.2) is 6.33 Å². The Hall–Kier alpha value is -0.830. The van der Waals surface area contributed by atoms with Gasteiger partial charge in [-0.2, -0.15) is 0 Å². The molecule has 2 rings (SSSR count). The van der Waals surface area contributed by atoms with Gasteiger partial charge in [0.15, 0.2) is 0 Å². The summed E-state index contributed by atoms with van der Waals surface area (Å²) in [6.45, 7) is 5.19. The Bertz CT molecular complexity index is 350. The quantitative estimate of drug-likeness (QED) is 0.801. The molecule has 1 atom stereocenters. The lowest BCUT2D eigenvalue weighted by Crippen LogP contribution is -2.14. The van der Waals surface area contributed by atoms with Gasteiger partial charge in [-0.05, 0) is 31.6 Å². The van der Waals surface area contributed by atoms with Crippen molar-refractivity contribution < 1.29 is 0 Å². The van der Waals surface area contributed by atoms with E-state index in [4.69, 9.17) is 11.6 Å². The minimum atomic E-state index is 0.534. The van der Waals surface area contributed by atoms with Crippen molar-refractivity contribution in [3.8, 4) is 0 Å². The topological polar surface area (TPSA) is 37.8 Å². The van der Waals surface area contributed by atoms with Crippen LogP contribution in [0.25, 0.3) is 0 Å². The molecule has 0 bridgehead atoms. The highest BCUT2D eigenvalue weighted by Crippen LogP contribution is 2.36. The third-order valence-corrected chi connectivity index (χ3v) is 3.42. The lowest BCUT2D eigenvalue weighted by molar-refractivity contribution is 0.535. The molecule has 1 aliphatic rings. The van der Waals surface area contributed by atoms with Crippen molar-refractivity contribution >= 4 is 17.4 Å². The van der Waals surface area contributed by atoms with Gasteiger partial charge in [0.2, 0.25) is 0 Å². The largest absolute Gasteiger partial charge is 0.369 e. The zero-order valence-corrected chi connectivity index (χ0v) is 9.88. The number of halogens is 1. The monoisotopic (exact) mass is 225 g/mol. The minimum Gasteiger partial charge on any atom is -0.369 e. The molecular formula is C11H16ClN3. The molecule has 15 heavy (non-hydrogen) atoms. The van der Waals surface area contributed by atoms with Gasteiger partial charge in [-0.3, -0.25) is 0 Å². The molecule has 0 amide bonds. The van der Waals surface area contributed by atoms with E-state index in [1.165, 1.54) is 19.2 Å². The van der Waals surface area contributed by atoms with Gasteiger partial charge in [0, 0.05) is 12.1 Å². The van der Waals surface area contributed by atoms with Gasteiger partial charge in [0.05, 0.1) is 0 Å². The van der Waals surface area contributed by atoms with Crippen LogP contribution < -0.4 is 5.32 Å². The molecule has 1 N–H and O–H groups in total. The highest BCUT2D eigenvalue weighted by atomic mass is 35.5. The molecule has 3 nitrogen and oxygen atoms in total. The minimum absolute atomic E-state index is 0.534. The van der Waals surface area contributed by atoms with Crippen LogP contribution in [0.5, 0.6) is 0 Å². The molecule has 1 aromatic heterocycles. The first-order valence-electron chi connectivity index (χ1n) is 5.39. The fraction of sp³-hybridized carbons (Fsp3) is 0.636. The number of aromatic nitrogens is 2. The Labute approximate surface area is 95.3 Å². The summed E-state index contributed by atoms with van der Waals surface area (Å²) in [7, 11) is 0.